The van der Waals surface area contributed by atoms with Crippen LogP contribution in [0.5, 0.6) is 0 Å². The molecular weight excluding hydrogens is 249 g/mol. The van der Waals surface area contributed by atoms with Crippen molar-refractivity contribution in [3.63, 3.8) is 0 Å². The SMILES string of the molecule is Clc1cccc(Cl)c1NCc1cccs1. The summed E-state index contributed by atoms with van der Waals surface area (Å²) < 4.78 is 0. The lowest BCUT2D eigenvalue weighted by Crippen LogP contribution is -1.98. The maximum Gasteiger partial charge on any atom is 0.0721 e. The van der Waals surface area contributed by atoms with Crippen LogP contribution < -0.4 is 5.32 Å². The van der Waals surface area contributed by atoms with Crippen molar-refractivity contribution in [2.45, 2.75) is 6.54 Å². The molecule has 0 fully saturated rings. The molecule has 0 radical (unpaired) electrons. The third-order valence-electron chi connectivity index (χ3n) is 1.98. The number of hydrogen-bond donors (Lipinski definition) is 1. The quantitative estimate of drug-likeness (QED) is 0.843. The van der Waals surface area contributed by atoms with Gasteiger partial charge < -0.3 is 5.32 Å². The third kappa shape index (κ3) is 2.65. The van der Waals surface area contributed by atoms with Gasteiger partial charge in [0.25, 0.3) is 0 Å². The lowest BCUT2D eigenvalue weighted by molar-refractivity contribution is 1.19. The molecule has 0 atom stereocenters. The molecule has 0 aliphatic rings. The number of thiophene rings is 1. The first-order chi connectivity index (χ1) is 7.27. The first-order valence-electron chi connectivity index (χ1n) is 4.47. The first-order valence-corrected chi connectivity index (χ1v) is 6.11. The van der Waals surface area contributed by atoms with Crippen LogP contribution in [0.4, 0.5) is 5.69 Å². The molecule has 1 nitrogen and oxygen atoms in total. The van der Waals surface area contributed by atoms with Gasteiger partial charge in [0, 0.05) is 11.4 Å². The van der Waals surface area contributed by atoms with E-state index in [9.17, 15) is 0 Å². The number of para-hydroxylation sites is 1. The van der Waals surface area contributed by atoms with Crippen molar-refractivity contribution in [1.82, 2.24) is 0 Å². The van der Waals surface area contributed by atoms with Crippen molar-refractivity contribution in [2.75, 3.05) is 5.32 Å². The van der Waals surface area contributed by atoms with Crippen LogP contribution in [0.25, 0.3) is 0 Å². The Hall–Kier alpha value is -0.700. The Kier molecular flexibility index (Phi) is 3.52. The molecule has 0 saturated heterocycles. The molecule has 1 N–H and O–H groups in total. The van der Waals surface area contributed by atoms with Crippen molar-refractivity contribution in [1.29, 1.82) is 0 Å². The second-order valence-electron chi connectivity index (χ2n) is 3.03. The Morgan fingerprint density at radius 1 is 1.07 bits per heavy atom. The highest BCUT2D eigenvalue weighted by Crippen LogP contribution is 2.30. The summed E-state index contributed by atoms with van der Waals surface area (Å²) in [5.74, 6) is 0. The van der Waals surface area contributed by atoms with Crippen LogP contribution in [0.1, 0.15) is 4.88 Å². The Labute approximate surface area is 103 Å². The van der Waals surface area contributed by atoms with E-state index in [2.05, 4.69) is 11.4 Å². The maximum atomic E-state index is 6.03. The standard InChI is InChI=1S/C11H9Cl2NS/c12-9-4-1-5-10(13)11(9)14-7-8-3-2-6-15-8/h1-6,14H,7H2. The molecule has 0 amide bonds. The summed E-state index contributed by atoms with van der Waals surface area (Å²) in [5, 5.41) is 6.58. The highest BCUT2D eigenvalue weighted by atomic mass is 35.5. The zero-order chi connectivity index (χ0) is 10.7. The van der Waals surface area contributed by atoms with E-state index < -0.39 is 0 Å². The highest BCUT2D eigenvalue weighted by Gasteiger charge is 2.04. The van der Waals surface area contributed by atoms with Crippen LogP contribution in [0, 0.1) is 0 Å². The molecule has 1 aromatic carbocycles. The summed E-state index contributed by atoms with van der Waals surface area (Å²) in [6.07, 6.45) is 0. The van der Waals surface area contributed by atoms with Crippen LogP contribution in [0.15, 0.2) is 35.7 Å². The minimum Gasteiger partial charge on any atom is -0.378 e. The van der Waals surface area contributed by atoms with Crippen molar-refractivity contribution in [3.05, 3.63) is 50.6 Å². The average molecular weight is 258 g/mol. The van der Waals surface area contributed by atoms with Crippen molar-refractivity contribution >= 4 is 40.2 Å². The van der Waals surface area contributed by atoms with E-state index in [1.54, 1.807) is 11.3 Å². The molecule has 15 heavy (non-hydrogen) atoms. The molecule has 78 valence electrons. The smallest absolute Gasteiger partial charge is 0.0721 e. The van der Waals surface area contributed by atoms with E-state index in [1.807, 2.05) is 29.6 Å². The van der Waals surface area contributed by atoms with Crippen LogP contribution in [-0.4, -0.2) is 0 Å². The normalized spacial score (nSPS) is 10.3. The lowest BCUT2D eigenvalue weighted by atomic mass is 10.3. The maximum absolute atomic E-state index is 6.03. The Balaban J connectivity index is 2.11. The predicted octanol–water partition coefficient (Wildman–Crippen LogP) is 4.67. The summed E-state index contributed by atoms with van der Waals surface area (Å²) >= 11 is 13.8. The van der Waals surface area contributed by atoms with Gasteiger partial charge in [0.2, 0.25) is 0 Å². The third-order valence-corrected chi connectivity index (χ3v) is 3.49. The van der Waals surface area contributed by atoms with E-state index in [1.165, 1.54) is 4.88 Å². The fraction of sp³-hybridized carbons (Fsp3) is 0.0909. The summed E-state index contributed by atoms with van der Waals surface area (Å²) in [5.41, 5.74) is 0.800. The highest BCUT2D eigenvalue weighted by molar-refractivity contribution is 7.09. The minimum atomic E-state index is 0.652. The molecule has 0 saturated carbocycles. The monoisotopic (exact) mass is 257 g/mol. The number of anilines is 1. The largest absolute Gasteiger partial charge is 0.378 e. The summed E-state index contributed by atoms with van der Waals surface area (Å²) in [6.45, 7) is 0.751. The second kappa shape index (κ2) is 4.88. The number of hydrogen-bond acceptors (Lipinski definition) is 2. The van der Waals surface area contributed by atoms with Gasteiger partial charge >= 0.3 is 0 Å². The number of rotatable bonds is 3. The molecule has 2 aromatic rings. The fourth-order valence-corrected chi connectivity index (χ4v) is 2.43. The van der Waals surface area contributed by atoms with Crippen LogP contribution in [0.2, 0.25) is 10.0 Å². The van der Waals surface area contributed by atoms with Gasteiger partial charge in [0.1, 0.15) is 0 Å². The molecule has 0 spiro atoms. The van der Waals surface area contributed by atoms with Gasteiger partial charge in [-0.1, -0.05) is 35.3 Å². The van der Waals surface area contributed by atoms with Crippen molar-refractivity contribution in [2.24, 2.45) is 0 Å². The molecule has 0 bridgehead atoms. The van der Waals surface area contributed by atoms with Gasteiger partial charge in [0.05, 0.1) is 15.7 Å². The Morgan fingerprint density at radius 3 is 2.40 bits per heavy atom. The number of halogens is 2. The predicted molar refractivity (Wildman–Crippen MR) is 68.1 cm³/mol. The second-order valence-corrected chi connectivity index (χ2v) is 4.88. The van der Waals surface area contributed by atoms with Gasteiger partial charge in [-0.3, -0.25) is 0 Å². The van der Waals surface area contributed by atoms with Gasteiger partial charge in [0.15, 0.2) is 0 Å². The van der Waals surface area contributed by atoms with Gasteiger partial charge in [-0.15, -0.1) is 11.3 Å². The van der Waals surface area contributed by atoms with Crippen molar-refractivity contribution < 1.29 is 0 Å². The van der Waals surface area contributed by atoms with E-state index >= 15 is 0 Å². The Bertz CT molecular complexity index is 420. The first kappa shape index (κ1) is 10.8. The summed E-state index contributed by atoms with van der Waals surface area (Å²) in [4.78, 5) is 1.26. The van der Waals surface area contributed by atoms with E-state index in [0.717, 1.165) is 12.2 Å². The molecule has 2 rings (SSSR count). The summed E-state index contributed by atoms with van der Waals surface area (Å²) in [7, 11) is 0. The number of benzene rings is 1. The van der Waals surface area contributed by atoms with Gasteiger partial charge in [-0.2, -0.15) is 0 Å². The number of nitrogens with one attached hydrogen (secondary N) is 1. The zero-order valence-electron chi connectivity index (χ0n) is 7.84. The fourth-order valence-electron chi connectivity index (χ4n) is 1.26. The average Bonchev–Trinajstić information content (AvgIpc) is 2.70. The van der Waals surface area contributed by atoms with Gasteiger partial charge in [-0.05, 0) is 23.6 Å². The molecule has 4 heteroatoms. The molecule has 1 aromatic heterocycles. The van der Waals surface area contributed by atoms with Crippen LogP contribution in [0.3, 0.4) is 0 Å². The van der Waals surface area contributed by atoms with Crippen molar-refractivity contribution in [3.8, 4) is 0 Å². The van der Waals surface area contributed by atoms with Gasteiger partial charge in [-0.25, -0.2) is 0 Å². The summed E-state index contributed by atoms with van der Waals surface area (Å²) in [6, 6.07) is 9.58. The molecule has 1 heterocycles. The van der Waals surface area contributed by atoms with Crippen LogP contribution >= 0.6 is 34.5 Å². The van der Waals surface area contributed by atoms with E-state index in [-0.39, 0.29) is 0 Å². The minimum absolute atomic E-state index is 0.652. The molecule has 0 aliphatic heterocycles. The van der Waals surface area contributed by atoms with Crippen LogP contribution in [-0.2, 0) is 6.54 Å². The Morgan fingerprint density at radius 2 is 1.80 bits per heavy atom. The van der Waals surface area contributed by atoms with E-state index in [4.69, 9.17) is 23.2 Å². The topological polar surface area (TPSA) is 12.0 Å². The van der Waals surface area contributed by atoms with E-state index in [0.29, 0.717) is 10.0 Å². The zero-order valence-corrected chi connectivity index (χ0v) is 10.2. The lowest BCUT2D eigenvalue weighted by Gasteiger charge is -2.08. The molecule has 0 unspecified atom stereocenters. The molecular formula is C11H9Cl2NS. The molecule has 0 aliphatic carbocycles.